The molecule has 0 saturated heterocycles. The van der Waals surface area contributed by atoms with Crippen LogP contribution in [0.25, 0.3) is 0 Å². The van der Waals surface area contributed by atoms with Gasteiger partial charge in [-0.1, -0.05) is 23.8 Å². The Bertz CT molecular complexity index is 538. The molecule has 2 heterocycles. The number of hydrogen-bond donors (Lipinski definition) is 2. The van der Waals surface area contributed by atoms with E-state index >= 15 is 0 Å². The molecule has 0 aromatic carbocycles. The lowest BCUT2D eigenvalue weighted by Crippen LogP contribution is -2.00. The van der Waals surface area contributed by atoms with Gasteiger partial charge in [-0.05, 0) is 13.3 Å². The predicted octanol–water partition coefficient (Wildman–Crippen LogP) is 1.83. The minimum atomic E-state index is -0.0562. The van der Waals surface area contributed by atoms with Gasteiger partial charge in [0.2, 0.25) is 5.89 Å². The van der Waals surface area contributed by atoms with Gasteiger partial charge in [0.25, 0.3) is 0 Å². The van der Waals surface area contributed by atoms with Gasteiger partial charge in [0, 0.05) is 12.5 Å². The highest BCUT2D eigenvalue weighted by molar-refractivity contribution is 7.99. The second kappa shape index (κ2) is 5.87. The summed E-state index contributed by atoms with van der Waals surface area (Å²) in [6, 6.07) is 1.51. The molecule has 0 spiro atoms. The van der Waals surface area contributed by atoms with Crippen LogP contribution >= 0.6 is 11.8 Å². The Morgan fingerprint density at radius 3 is 2.58 bits per heavy atom. The standard InChI is InChI=1S/C11H16N6OS/c1-3-4-9-16-10(18-17-9)6(2)19-11-14-7(12)5-8(13)15-11/h5-6H,3-4H2,1-2H3,(H4,12,13,14,15)/t6-/m0/s1. The lowest BCUT2D eigenvalue weighted by molar-refractivity contribution is 0.374. The van der Waals surface area contributed by atoms with Gasteiger partial charge in [-0.3, -0.25) is 0 Å². The van der Waals surface area contributed by atoms with E-state index in [4.69, 9.17) is 16.0 Å². The first-order valence-electron chi connectivity index (χ1n) is 5.97. The molecule has 0 bridgehead atoms. The fourth-order valence-corrected chi connectivity index (χ4v) is 2.31. The van der Waals surface area contributed by atoms with Crippen molar-refractivity contribution in [3.63, 3.8) is 0 Å². The second-order valence-electron chi connectivity index (χ2n) is 4.06. The summed E-state index contributed by atoms with van der Waals surface area (Å²) in [5, 5.41) is 4.36. The zero-order valence-corrected chi connectivity index (χ0v) is 11.6. The third kappa shape index (κ3) is 3.57. The fraction of sp³-hybridized carbons (Fsp3) is 0.455. The van der Waals surface area contributed by atoms with E-state index in [1.54, 1.807) is 0 Å². The Morgan fingerprint density at radius 1 is 1.26 bits per heavy atom. The van der Waals surface area contributed by atoms with Crippen LogP contribution in [0.2, 0.25) is 0 Å². The number of thioether (sulfide) groups is 1. The lowest BCUT2D eigenvalue weighted by Gasteiger charge is -2.05. The SMILES string of the molecule is CCCc1noc([C@H](C)Sc2nc(N)cc(N)n2)n1. The van der Waals surface area contributed by atoms with Crippen molar-refractivity contribution in [2.45, 2.75) is 37.1 Å². The van der Waals surface area contributed by atoms with Gasteiger partial charge in [0.05, 0.1) is 5.25 Å². The highest BCUT2D eigenvalue weighted by Crippen LogP contribution is 2.32. The lowest BCUT2D eigenvalue weighted by atomic mass is 10.3. The molecule has 0 fully saturated rings. The number of rotatable bonds is 5. The van der Waals surface area contributed by atoms with Crippen molar-refractivity contribution >= 4 is 23.4 Å². The smallest absolute Gasteiger partial charge is 0.239 e. The Labute approximate surface area is 115 Å². The van der Waals surface area contributed by atoms with Gasteiger partial charge in [-0.25, -0.2) is 9.97 Å². The average Bonchev–Trinajstić information content (AvgIpc) is 2.76. The maximum absolute atomic E-state index is 5.62. The fourth-order valence-electron chi connectivity index (χ4n) is 1.48. The Kier molecular flexibility index (Phi) is 4.20. The van der Waals surface area contributed by atoms with Crippen molar-refractivity contribution in [2.75, 3.05) is 11.5 Å². The molecule has 0 amide bonds. The van der Waals surface area contributed by atoms with Gasteiger partial charge in [0.15, 0.2) is 11.0 Å². The maximum atomic E-state index is 5.62. The van der Waals surface area contributed by atoms with Crippen molar-refractivity contribution < 1.29 is 4.52 Å². The number of anilines is 2. The first-order chi connectivity index (χ1) is 9.08. The predicted molar refractivity (Wildman–Crippen MR) is 73.4 cm³/mol. The van der Waals surface area contributed by atoms with Crippen LogP contribution in [-0.4, -0.2) is 20.1 Å². The summed E-state index contributed by atoms with van der Waals surface area (Å²) in [6.45, 7) is 4.01. The molecule has 19 heavy (non-hydrogen) atoms. The first-order valence-corrected chi connectivity index (χ1v) is 6.85. The van der Waals surface area contributed by atoms with E-state index in [2.05, 4.69) is 27.0 Å². The molecule has 0 aliphatic rings. The molecule has 0 radical (unpaired) electrons. The molecule has 2 aromatic heterocycles. The third-order valence-corrected chi connectivity index (χ3v) is 3.28. The van der Waals surface area contributed by atoms with E-state index in [9.17, 15) is 0 Å². The van der Waals surface area contributed by atoms with Crippen molar-refractivity contribution in [1.82, 2.24) is 20.1 Å². The topological polar surface area (TPSA) is 117 Å². The molecule has 0 aliphatic carbocycles. The average molecular weight is 280 g/mol. The minimum Gasteiger partial charge on any atom is -0.383 e. The van der Waals surface area contributed by atoms with E-state index in [1.807, 2.05) is 6.92 Å². The van der Waals surface area contributed by atoms with Crippen LogP contribution < -0.4 is 11.5 Å². The monoisotopic (exact) mass is 280 g/mol. The largest absolute Gasteiger partial charge is 0.383 e. The van der Waals surface area contributed by atoms with Crippen LogP contribution in [0.1, 0.15) is 37.2 Å². The molecular formula is C11H16N6OS. The third-order valence-electron chi connectivity index (χ3n) is 2.33. The van der Waals surface area contributed by atoms with Crippen LogP contribution in [0.4, 0.5) is 11.6 Å². The van der Waals surface area contributed by atoms with Gasteiger partial charge < -0.3 is 16.0 Å². The van der Waals surface area contributed by atoms with Gasteiger partial charge in [0.1, 0.15) is 11.6 Å². The number of nitrogens with two attached hydrogens (primary N) is 2. The summed E-state index contributed by atoms with van der Waals surface area (Å²) in [5.74, 6) is 1.97. The Balaban J connectivity index is 2.08. The van der Waals surface area contributed by atoms with Crippen LogP contribution in [0, 0.1) is 0 Å². The van der Waals surface area contributed by atoms with Gasteiger partial charge in [-0.15, -0.1) is 0 Å². The van der Waals surface area contributed by atoms with E-state index < -0.39 is 0 Å². The van der Waals surface area contributed by atoms with Crippen molar-refractivity contribution in [2.24, 2.45) is 0 Å². The van der Waals surface area contributed by atoms with Crippen molar-refractivity contribution in [3.8, 4) is 0 Å². The highest BCUT2D eigenvalue weighted by atomic mass is 32.2. The zero-order chi connectivity index (χ0) is 13.8. The molecule has 0 unspecified atom stereocenters. The van der Waals surface area contributed by atoms with Gasteiger partial charge >= 0.3 is 0 Å². The number of nitrogens with zero attached hydrogens (tertiary/aromatic N) is 4. The van der Waals surface area contributed by atoms with Crippen LogP contribution in [-0.2, 0) is 6.42 Å². The molecule has 2 rings (SSSR count). The summed E-state index contributed by atoms with van der Waals surface area (Å²) in [6.07, 6.45) is 1.79. The van der Waals surface area contributed by atoms with Crippen molar-refractivity contribution in [3.05, 3.63) is 17.8 Å². The maximum Gasteiger partial charge on any atom is 0.239 e. The number of aromatic nitrogens is 4. The summed E-state index contributed by atoms with van der Waals surface area (Å²) < 4.78 is 5.21. The van der Waals surface area contributed by atoms with E-state index in [1.165, 1.54) is 17.8 Å². The first kappa shape index (κ1) is 13.6. The Morgan fingerprint density at radius 2 is 1.95 bits per heavy atom. The summed E-state index contributed by atoms with van der Waals surface area (Å²) >= 11 is 1.38. The molecule has 4 N–H and O–H groups in total. The van der Waals surface area contributed by atoms with Crippen molar-refractivity contribution in [1.29, 1.82) is 0 Å². The number of nitrogen functional groups attached to an aromatic ring is 2. The molecule has 0 aliphatic heterocycles. The molecule has 1 atom stereocenters. The summed E-state index contributed by atoms with van der Waals surface area (Å²) in [5.41, 5.74) is 11.2. The van der Waals surface area contributed by atoms with E-state index in [0.717, 1.165) is 18.7 Å². The normalized spacial score (nSPS) is 12.5. The molecule has 102 valence electrons. The zero-order valence-electron chi connectivity index (χ0n) is 10.8. The van der Waals surface area contributed by atoms with E-state index in [0.29, 0.717) is 22.7 Å². The molecular weight excluding hydrogens is 264 g/mol. The van der Waals surface area contributed by atoms with Crippen LogP contribution in [0.15, 0.2) is 15.7 Å². The number of aryl methyl sites for hydroxylation is 1. The van der Waals surface area contributed by atoms with Gasteiger partial charge in [-0.2, -0.15) is 4.98 Å². The Hall–Kier alpha value is -1.83. The summed E-state index contributed by atoms with van der Waals surface area (Å²) in [4.78, 5) is 12.5. The molecule has 7 nitrogen and oxygen atoms in total. The quantitative estimate of drug-likeness (QED) is 0.629. The highest BCUT2D eigenvalue weighted by Gasteiger charge is 2.17. The van der Waals surface area contributed by atoms with Crippen LogP contribution in [0.3, 0.4) is 0 Å². The molecule has 0 saturated carbocycles. The second-order valence-corrected chi connectivity index (χ2v) is 5.37. The van der Waals surface area contributed by atoms with E-state index in [-0.39, 0.29) is 5.25 Å². The number of hydrogen-bond acceptors (Lipinski definition) is 8. The molecule has 8 heteroatoms. The van der Waals surface area contributed by atoms with Crippen LogP contribution in [0.5, 0.6) is 0 Å². The molecule has 2 aromatic rings. The minimum absolute atomic E-state index is 0.0562. The summed E-state index contributed by atoms with van der Waals surface area (Å²) in [7, 11) is 0.